The predicted molar refractivity (Wildman–Crippen MR) is 71.8 cm³/mol. The molecule has 0 aromatic carbocycles. The molecule has 0 spiro atoms. The Hall–Kier alpha value is -1.32. The molecule has 0 aliphatic heterocycles. The molecular weight excluding hydrogens is 228 g/mol. The molecule has 2 aliphatic carbocycles. The van der Waals surface area contributed by atoms with Crippen molar-refractivity contribution in [1.82, 2.24) is 5.32 Å². The number of hydrogen-bond donors (Lipinski definition) is 2. The van der Waals surface area contributed by atoms with Gasteiger partial charge in [0.15, 0.2) is 5.78 Å². The van der Waals surface area contributed by atoms with Gasteiger partial charge in [-0.15, -0.1) is 0 Å². The van der Waals surface area contributed by atoms with Crippen LogP contribution in [0.3, 0.4) is 0 Å². The maximum Gasteiger partial charge on any atom is 0.312 e. The third-order valence-corrected chi connectivity index (χ3v) is 3.83. The maximum atomic E-state index is 12.3. The number of ketones is 1. The molecule has 0 unspecified atom stereocenters. The minimum absolute atomic E-state index is 0. The molecule has 0 aromatic heterocycles. The summed E-state index contributed by atoms with van der Waals surface area (Å²) in [5.41, 5.74) is 6.21. The van der Waals surface area contributed by atoms with Gasteiger partial charge in [-0.1, -0.05) is 18.6 Å². The number of urea groups is 1. The molecule has 0 bridgehead atoms. The van der Waals surface area contributed by atoms with Gasteiger partial charge in [0.05, 0.1) is 6.04 Å². The predicted octanol–water partition coefficient (Wildman–Crippen LogP) is 2.34. The molecule has 2 aliphatic rings. The Kier molecular flexibility index (Phi) is 4.54. The van der Waals surface area contributed by atoms with Crippen molar-refractivity contribution < 1.29 is 9.59 Å². The number of nitrogens with two attached hydrogens (primary N) is 1. The lowest BCUT2D eigenvalue weighted by atomic mass is 9.92. The monoisotopic (exact) mass is 251 g/mol. The van der Waals surface area contributed by atoms with Gasteiger partial charge in [0, 0.05) is 5.41 Å². The second kappa shape index (κ2) is 5.55. The van der Waals surface area contributed by atoms with Gasteiger partial charge >= 0.3 is 6.03 Å². The van der Waals surface area contributed by atoms with E-state index in [0.29, 0.717) is 6.42 Å². The Balaban J connectivity index is 0.00000162. The van der Waals surface area contributed by atoms with E-state index < -0.39 is 12.1 Å². The zero-order chi connectivity index (χ0) is 12.5. The topological polar surface area (TPSA) is 72.2 Å². The van der Waals surface area contributed by atoms with E-state index >= 15 is 0 Å². The number of amides is 2. The Labute approximate surface area is 109 Å². The summed E-state index contributed by atoms with van der Waals surface area (Å²) in [6, 6.07) is -1.03. The van der Waals surface area contributed by atoms with E-state index in [9.17, 15) is 9.59 Å². The highest BCUT2D eigenvalue weighted by molar-refractivity contribution is 5.94. The largest absolute Gasteiger partial charge is 0.358 e. The summed E-state index contributed by atoms with van der Waals surface area (Å²) in [6.07, 6.45) is 7.97. The van der Waals surface area contributed by atoms with Crippen LogP contribution in [0.2, 0.25) is 0 Å². The molecule has 0 saturated heterocycles. The Morgan fingerprint density at radius 2 is 2.17 bits per heavy atom. The van der Waals surface area contributed by atoms with E-state index in [2.05, 4.69) is 11.4 Å². The molecule has 18 heavy (non-hydrogen) atoms. The first-order valence-electron chi connectivity index (χ1n) is 6.29. The fourth-order valence-corrected chi connectivity index (χ4v) is 2.42. The first-order chi connectivity index (χ1) is 8.01. The van der Waals surface area contributed by atoms with E-state index in [4.69, 9.17) is 5.73 Å². The fraction of sp³-hybridized carbons (Fsp3) is 0.643. The summed E-state index contributed by atoms with van der Waals surface area (Å²) in [7, 11) is 0. The lowest BCUT2D eigenvalue weighted by Gasteiger charge is -2.20. The first-order valence-corrected chi connectivity index (χ1v) is 6.29. The molecular formula is C14H23N2O2-. The van der Waals surface area contributed by atoms with Crippen molar-refractivity contribution in [3.63, 3.8) is 0 Å². The van der Waals surface area contributed by atoms with Crippen LogP contribution in [0.4, 0.5) is 4.79 Å². The van der Waals surface area contributed by atoms with E-state index in [1.807, 2.05) is 6.92 Å². The summed E-state index contributed by atoms with van der Waals surface area (Å²) >= 11 is 0. The molecule has 102 valence electrons. The highest BCUT2D eigenvalue weighted by Gasteiger charge is 2.47. The summed E-state index contributed by atoms with van der Waals surface area (Å²) in [4.78, 5) is 23.2. The summed E-state index contributed by atoms with van der Waals surface area (Å²) in [5.74, 6) is 0.143. The third-order valence-electron chi connectivity index (χ3n) is 3.83. The molecule has 3 N–H and O–H groups in total. The van der Waals surface area contributed by atoms with Gasteiger partial charge in [0.1, 0.15) is 0 Å². The minimum atomic E-state index is -0.605. The van der Waals surface area contributed by atoms with Crippen LogP contribution in [0.25, 0.3) is 0 Å². The summed E-state index contributed by atoms with van der Waals surface area (Å²) in [6.45, 7) is 1.97. The van der Waals surface area contributed by atoms with E-state index in [-0.39, 0.29) is 18.6 Å². The van der Waals surface area contributed by atoms with Crippen molar-refractivity contribution in [3.8, 4) is 0 Å². The van der Waals surface area contributed by atoms with Crippen LogP contribution in [0, 0.1) is 12.8 Å². The van der Waals surface area contributed by atoms with Crippen LogP contribution in [0.1, 0.15) is 45.4 Å². The number of allylic oxidation sites excluding steroid dienone is 1. The van der Waals surface area contributed by atoms with Gasteiger partial charge in [-0.2, -0.15) is 0 Å². The molecule has 4 nitrogen and oxygen atoms in total. The van der Waals surface area contributed by atoms with Crippen LogP contribution in [-0.4, -0.2) is 17.9 Å². The molecule has 0 heterocycles. The maximum absolute atomic E-state index is 12.3. The van der Waals surface area contributed by atoms with Crippen LogP contribution < -0.4 is 11.1 Å². The minimum Gasteiger partial charge on any atom is -0.358 e. The quantitative estimate of drug-likeness (QED) is 0.581. The molecule has 0 radical (unpaired) electrons. The van der Waals surface area contributed by atoms with Crippen molar-refractivity contribution in [2.24, 2.45) is 11.1 Å². The van der Waals surface area contributed by atoms with Crippen molar-refractivity contribution >= 4 is 11.8 Å². The average molecular weight is 251 g/mol. The number of carbonyl (C=O) groups is 2. The van der Waals surface area contributed by atoms with E-state index in [1.165, 1.54) is 5.57 Å². The average Bonchev–Trinajstić information content (AvgIpc) is 2.80. The number of rotatable bonds is 5. The third kappa shape index (κ3) is 3.34. The second-order valence-corrected chi connectivity index (χ2v) is 5.44. The highest BCUT2D eigenvalue weighted by atomic mass is 16.2. The van der Waals surface area contributed by atoms with Crippen LogP contribution in [-0.2, 0) is 4.79 Å². The SMILES string of the molecule is CC1(C(=O)[C@H](CC2=CCCC2)NC(N)=O)CC1.[CH3-]. The normalized spacial score (nSPS) is 21.5. The van der Waals surface area contributed by atoms with Crippen molar-refractivity contribution in [2.75, 3.05) is 0 Å². The summed E-state index contributed by atoms with van der Waals surface area (Å²) in [5, 5.41) is 2.60. The molecule has 1 fully saturated rings. The van der Waals surface area contributed by atoms with Gasteiger partial charge in [0.2, 0.25) is 0 Å². The lowest BCUT2D eigenvalue weighted by molar-refractivity contribution is -0.125. The van der Waals surface area contributed by atoms with Crippen molar-refractivity contribution in [1.29, 1.82) is 0 Å². The number of nitrogens with one attached hydrogen (secondary N) is 1. The lowest BCUT2D eigenvalue weighted by Crippen LogP contribution is -2.46. The Bertz CT molecular complexity index is 370. The number of carbonyl (C=O) groups excluding carboxylic acids is 2. The van der Waals surface area contributed by atoms with E-state index in [0.717, 1.165) is 32.1 Å². The molecule has 2 rings (SSSR count). The van der Waals surface area contributed by atoms with Crippen LogP contribution in [0.15, 0.2) is 11.6 Å². The molecule has 0 aromatic rings. The fourth-order valence-electron chi connectivity index (χ4n) is 2.42. The van der Waals surface area contributed by atoms with Crippen molar-refractivity contribution in [3.05, 3.63) is 19.1 Å². The van der Waals surface area contributed by atoms with Gasteiger partial charge in [0.25, 0.3) is 0 Å². The van der Waals surface area contributed by atoms with Gasteiger partial charge < -0.3 is 18.5 Å². The smallest absolute Gasteiger partial charge is 0.312 e. The van der Waals surface area contributed by atoms with Crippen LogP contribution in [0.5, 0.6) is 0 Å². The number of primary amides is 1. The summed E-state index contributed by atoms with van der Waals surface area (Å²) < 4.78 is 0. The Morgan fingerprint density at radius 1 is 1.50 bits per heavy atom. The second-order valence-electron chi connectivity index (χ2n) is 5.44. The number of Topliss-reactive ketones (excluding diaryl/α,β-unsaturated/α-hetero) is 1. The zero-order valence-electron chi connectivity index (χ0n) is 11.3. The first kappa shape index (κ1) is 14.7. The molecule has 1 atom stereocenters. The van der Waals surface area contributed by atoms with Crippen LogP contribution >= 0.6 is 0 Å². The molecule has 1 saturated carbocycles. The zero-order valence-corrected chi connectivity index (χ0v) is 11.3. The highest BCUT2D eigenvalue weighted by Crippen LogP contribution is 2.47. The molecule has 2 amide bonds. The van der Waals surface area contributed by atoms with E-state index in [1.54, 1.807) is 0 Å². The molecule has 4 heteroatoms. The van der Waals surface area contributed by atoms with Gasteiger partial charge in [-0.05, 0) is 38.5 Å². The van der Waals surface area contributed by atoms with Gasteiger partial charge in [-0.25, -0.2) is 4.79 Å². The number of hydrogen-bond acceptors (Lipinski definition) is 2. The standard InChI is InChI=1S/C13H20N2O2.CH3/c1-13(6-7-13)11(16)10(15-12(14)17)8-9-4-2-3-5-9;/h4,10H,2-3,5-8H2,1H3,(H3,14,15,17);1H3/q;-1/t10-;/m0./s1. The Morgan fingerprint density at radius 3 is 2.61 bits per heavy atom. The van der Waals surface area contributed by atoms with Gasteiger partial charge in [-0.3, -0.25) is 4.79 Å². The van der Waals surface area contributed by atoms with Crippen molar-refractivity contribution in [2.45, 2.75) is 51.5 Å².